The summed E-state index contributed by atoms with van der Waals surface area (Å²) in [6.07, 6.45) is 0. The van der Waals surface area contributed by atoms with Gasteiger partial charge in [0.25, 0.3) is 0 Å². The molecule has 2 aromatic heterocycles. The van der Waals surface area contributed by atoms with Crippen molar-refractivity contribution < 1.29 is 14.2 Å². The van der Waals surface area contributed by atoms with E-state index in [1.807, 2.05) is 49.4 Å². The van der Waals surface area contributed by atoms with Crippen LogP contribution in [0.3, 0.4) is 0 Å². The Morgan fingerprint density at radius 1 is 1.12 bits per heavy atom. The van der Waals surface area contributed by atoms with Gasteiger partial charge in [0.05, 0.1) is 5.69 Å². The van der Waals surface area contributed by atoms with Crippen LogP contribution in [0.4, 0.5) is 0 Å². The Hall–Kier alpha value is -3.04. The fourth-order valence-corrected chi connectivity index (χ4v) is 5.22. The summed E-state index contributed by atoms with van der Waals surface area (Å²) in [5.41, 5.74) is 3.14. The van der Waals surface area contributed by atoms with Crippen LogP contribution in [0.1, 0.15) is 24.0 Å². The topological polar surface area (TPSA) is 71.3 Å². The third-order valence-electron chi connectivity index (χ3n) is 5.08. The van der Waals surface area contributed by atoms with Gasteiger partial charge in [-0.25, -0.2) is 4.98 Å². The minimum atomic E-state index is 0.272. The number of hydrogen-bond donors (Lipinski definition) is 0. The molecule has 4 aromatic rings. The zero-order chi connectivity index (χ0) is 21.9. The van der Waals surface area contributed by atoms with Crippen molar-refractivity contribution >= 4 is 23.1 Å². The first-order chi connectivity index (χ1) is 15.7. The summed E-state index contributed by atoms with van der Waals surface area (Å²) < 4.78 is 18.9. The maximum absolute atomic E-state index is 5.96. The van der Waals surface area contributed by atoms with Crippen molar-refractivity contribution in [3.63, 3.8) is 0 Å². The lowest BCUT2D eigenvalue weighted by molar-refractivity contribution is 0.174. The predicted molar refractivity (Wildman–Crippen MR) is 124 cm³/mol. The summed E-state index contributed by atoms with van der Waals surface area (Å²) in [4.78, 5) is 4.79. The van der Waals surface area contributed by atoms with Crippen molar-refractivity contribution in [1.29, 1.82) is 0 Å². The molecule has 1 aliphatic heterocycles. The molecule has 0 fully saturated rings. The Bertz CT molecular complexity index is 1240. The number of nitrogens with zero attached hydrogens (tertiary/aromatic N) is 4. The van der Waals surface area contributed by atoms with Crippen LogP contribution in [0.2, 0.25) is 0 Å². The Morgan fingerprint density at radius 3 is 2.88 bits per heavy atom. The highest BCUT2D eigenvalue weighted by Gasteiger charge is 2.16. The second kappa shape index (κ2) is 9.22. The Morgan fingerprint density at radius 2 is 2.00 bits per heavy atom. The van der Waals surface area contributed by atoms with Crippen LogP contribution in [-0.4, -0.2) is 26.5 Å². The quantitative estimate of drug-likeness (QED) is 0.325. The first-order valence-electron chi connectivity index (χ1n) is 10.3. The first-order valence-corrected chi connectivity index (χ1v) is 12.2. The van der Waals surface area contributed by atoms with Crippen molar-refractivity contribution in [2.45, 2.75) is 37.9 Å². The molecule has 5 rings (SSSR count). The number of para-hydroxylation sites is 1. The monoisotopic (exact) mass is 466 g/mol. The second-order valence-corrected chi connectivity index (χ2v) is 9.00. The zero-order valence-electron chi connectivity index (χ0n) is 17.8. The lowest BCUT2D eigenvalue weighted by atomic mass is 10.2. The number of aromatic nitrogens is 4. The molecule has 9 heteroatoms. The number of rotatable bonds is 8. The van der Waals surface area contributed by atoms with Crippen molar-refractivity contribution in [3.05, 3.63) is 64.9 Å². The molecule has 0 bridgehead atoms. The van der Waals surface area contributed by atoms with Gasteiger partial charge in [-0.1, -0.05) is 30.0 Å². The van der Waals surface area contributed by atoms with Crippen LogP contribution in [-0.2, 0) is 18.9 Å². The van der Waals surface area contributed by atoms with Gasteiger partial charge in [0.2, 0.25) is 6.79 Å². The highest BCUT2D eigenvalue weighted by Crippen LogP contribution is 2.37. The molecule has 0 saturated carbocycles. The van der Waals surface area contributed by atoms with Crippen LogP contribution in [0.5, 0.6) is 17.2 Å². The molecule has 164 valence electrons. The van der Waals surface area contributed by atoms with Gasteiger partial charge < -0.3 is 18.8 Å². The fourth-order valence-electron chi connectivity index (χ4n) is 3.38. The van der Waals surface area contributed by atoms with Gasteiger partial charge in [-0.05, 0) is 43.7 Å². The van der Waals surface area contributed by atoms with E-state index >= 15 is 0 Å². The number of aryl methyl sites for hydroxylation is 1. The van der Waals surface area contributed by atoms with E-state index in [4.69, 9.17) is 19.2 Å². The molecule has 0 N–H and O–H groups in total. The Labute approximate surface area is 194 Å². The molecule has 7 nitrogen and oxygen atoms in total. The molecule has 0 unspecified atom stereocenters. The van der Waals surface area contributed by atoms with E-state index in [9.17, 15) is 0 Å². The van der Waals surface area contributed by atoms with Gasteiger partial charge in [0.15, 0.2) is 22.5 Å². The molecular formula is C23H22N4O3S2. The number of thiazole rings is 1. The van der Waals surface area contributed by atoms with E-state index in [2.05, 4.69) is 27.1 Å². The average Bonchev–Trinajstić information content (AvgIpc) is 3.55. The average molecular weight is 467 g/mol. The largest absolute Gasteiger partial charge is 0.485 e. The molecule has 0 saturated heterocycles. The fraction of sp³-hybridized carbons (Fsp3) is 0.261. The molecule has 3 heterocycles. The van der Waals surface area contributed by atoms with E-state index in [1.54, 1.807) is 23.1 Å². The first kappa shape index (κ1) is 20.8. The van der Waals surface area contributed by atoms with Crippen LogP contribution in [0.15, 0.2) is 53.0 Å². The maximum atomic E-state index is 5.96. The van der Waals surface area contributed by atoms with Gasteiger partial charge in [-0.15, -0.1) is 21.5 Å². The third-order valence-corrected chi connectivity index (χ3v) is 7.02. The van der Waals surface area contributed by atoms with E-state index in [-0.39, 0.29) is 6.79 Å². The normalized spacial score (nSPS) is 12.3. The third kappa shape index (κ3) is 4.31. The smallest absolute Gasteiger partial charge is 0.231 e. The highest BCUT2D eigenvalue weighted by molar-refractivity contribution is 7.98. The van der Waals surface area contributed by atoms with Crippen LogP contribution >= 0.6 is 23.1 Å². The number of hydrogen-bond acceptors (Lipinski definition) is 8. The Balaban J connectivity index is 1.24. The summed E-state index contributed by atoms with van der Waals surface area (Å²) in [6.45, 7) is 5.56. The van der Waals surface area contributed by atoms with Crippen LogP contribution in [0, 0.1) is 6.92 Å². The van der Waals surface area contributed by atoms with E-state index in [0.29, 0.717) is 6.61 Å². The van der Waals surface area contributed by atoms with Crippen molar-refractivity contribution in [2.75, 3.05) is 6.79 Å². The maximum Gasteiger partial charge on any atom is 0.231 e. The minimum Gasteiger partial charge on any atom is -0.485 e. The summed E-state index contributed by atoms with van der Waals surface area (Å²) >= 11 is 3.25. The molecule has 0 radical (unpaired) electrons. The lowest BCUT2D eigenvalue weighted by Gasteiger charge is -2.10. The van der Waals surface area contributed by atoms with Gasteiger partial charge in [0, 0.05) is 23.2 Å². The number of benzene rings is 2. The minimum absolute atomic E-state index is 0.272. The van der Waals surface area contributed by atoms with Crippen molar-refractivity contribution in [2.24, 2.45) is 0 Å². The van der Waals surface area contributed by atoms with Gasteiger partial charge in [0.1, 0.15) is 17.4 Å². The summed E-state index contributed by atoms with van der Waals surface area (Å²) in [7, 11) is 0. The summed E-state index contributed by atoms with van der Waals surface area (Å²) in [6, 6.07) is 13.9. The van der Waals surface area contributed by atoms with Gasteiger partial charge in [-0.2, -0.15) is 0 Å². The second-order valence-electron chi connectivity index (χ2n) is 7.20. The Kier molecular flexibility index (Phi) is 6.00. The number of thioether (sulfide) groups is 1. The molecule has 0 spiro atoms. The molecule has 32 heavy (non-hydrogen) atoms. The molecule has 1 aliphatic rings. The molecule has 0 atom stereocenters. The van der Waals surface area contributed by atoms with Crippen LogP contribution < -0.4 is 14.2 Å². The van der Waals surface area contributed by atoms with E-state index in [1.165, 1.54) is 0 Å². The lowest BCUT2D eigenvalue weighted by Crippen LogP contribution is -2.07. The highest BCUT2D eigenvalue weighted by atomic mass is 32.2. The van der Waals surface area contributed by atoms with Crippen molar-refractivity contribution in [1.82, 2.24) is 19.7 Å². The molecule has 0 aliphatic carbocycles. The predicted octanol–water partition coefficient (Wildman–Crippen LogP) is 5.33. The van der Waals surface area contributed by atoms with E-state index < -0.39 is 0 Å². The zero-order valence-corrected chi connectivity index (χ0v) is 19.4. The van der Waals surface area contributed by atoms with Crippen LogP contribution in [0.25, 0.3) is 10.6 Å². The number of ether oxygens (including phenoxy) is 3. The molecule has 0 amide bonds. The SMILES string of the molecule is CCn1c(COc2ccccc2C)nnc1SCc1csc(-c2ccc3c(c2)OCO3)n1. The molecule has 2 aromatic carbocycles. The summed E-state index contributed by atoms with van der Waals surface area (Å²) in [5.74, 6) is 3.95. The standard InChI is InChI=1S/C23H22N4O3S2/c1-3-27-21(11-28-18-7-5-4-6-15(18)2)25-26-23(27)32-13-17-12-31-22(24-17)16-8-9-19-20(10-16)30-14-29-19/h4-10,12H,3,11,13-14H2,1-2H3. The number of fused-ring (bicyclic) bond motifs is 1. The van der Waals surface area contributed by atoms with Gasteiger partial charge in [-0.3, -0.25) is 0 Å². The summed E-state index contributed by atoms with van der Waals surface area (Å²) in [5, 5.41) is 12.7. The van der Waals surface area contributed by atoms with Crippen molar-refractivity contribution in [3.8, 4) is 27.8 Å². The van der Waals surface area contributed by atoms with E-state index in [0.717, 1.165) is 62.4 Å². The van der Waals surface area contributed by atoms with Gasteiger partial charge >= 0.3 is 0 Å². The molecular weight excluding hydrogens is 444 g/mol.